The van der Waals surface area contributed by atoms with Crippen molar-refractivity contribution >= 4 is 49.9 Å². The lowest BCUT2D eigenvalue weighted by Crippen LogP contribution is -2.49. The number of carbonyl (C=O) groups excluding carboxylic acids is 3. The Kier molecular flexibility index (Phi) is 6.65. The van der Waals surface area contributed by atoms with Gasteiger partial charge >= 0.3 is 0 Å². The highest BCUT2D eigenvalue weighted by molar-refractivity contribution is 7.93. The van der Waals surface area contributed by atoms with Crippen molar-refractivity contribution in [3.63, 3.8) is 0 Å². The molecule has 0 N–H and O–H groups in total. The van der Waals surface area contributed by atoms with Gasteiger partial charge in [0, 0.05) is 29.1 Å². The summed E-state index contributed by atoms with van der Waals surface area (Å²) in [5, 5.41) is 11.9. The monoisotopic (exact) mass is 529 g/mol. The quantitative estimate of drug-likeness (QED) is 0.246. The molecule has 0 aliphatic carbocycles. The van der Waals surface area contributed by atoms with Crippen molar-refractivity contribution < 1.29 is 36.9 Å². The molecule has 11 nitrogen and oxygen atoms in total. The molecule has 1 aliphatic rings. The highest BCUT2D eigenvalue weighted by Gasteiger charge is 2.38. The van der Waals surface area contributed by atoms with Crippen molar-refractivity contribution in [2.24, 2.45) is 0 Å². The topological polar surface area (TPSA) is 144 Å². The second-order valence-corrected chi connectivity index (χ2v) is 10.1. The average Bonchev–Trinajstić information content (AvgIpc) is 2.84. The van der Waals surface area contributed by atoms with Crippen LogP contribution < -0.4 is 9.04 Å². The van der Waals surface area contributed by atoms with Gasteiger partial charge in [-0.2, -0.15) is 0 Å². The van der Waals surface area contributed by atoms with Crippen LogP contribution in [0, 0.1) is 15.9 Å². The summed E-state index contributed by atoms with van der Waals surface area (Å²) in [6, 6.07) is 9.69. The predicted octanol–water partition coefficient (Wildman–Crippen LogP) is 3.26. The number of halogens is 1. The van der Waals surface area contributed by atoms with E-state index in [0.717, 1.165) is 24.3 Å². The first-order chi connectivity index (χ1) is 17.5. The maximum absolute atomic E-state index is 14.4. The number of carbonyl (C=O) groups is 3. The summed E-state index contributed by atoms with van der Waals surface area (Å²) < 4.78 is 45.6. The number of benzene rings is 3. The molecule has 0 spiro atoms. The van der Waals surface area contributed by atoms with Crippen molar-refractivity contribution in [3.05, 3.63) is 75.6 Å². The van der Waals surface area contributed by atoms with Crippen molar-refractivity contribution in [2.45, 2.75) is 13.3 Å². The van der Waals surface area contributed by atoms with Gasteiger partial charge in [-0.3, -0.25) is 29.4 Å². The smallest absolute Gasteiger partial charge is 0.270 e. The third kappa shape index (κ3) is 4.48. The van der Waals surface area contributed by atoms with Gasteiger partial charge in [-0.25, -0.2) is 17.1 Å². The number of nitro groups is 1. The number of hydrogen-bond acceptors (Lipinski definition) is 8. The minimum Gasteiger partial charge on any atom is -0.494 e. The highest BCUT2D eigenvalue weighted by atomic mass is 32.2. The van der Waals surface area contributed by atoms with Crippen LogP contribution in [-0.4, -0.2) is 55.4 Å². The summed E-state index contributed by atoms with van der Waals surface area (Å²) in [5.41, 5.74) is -0.889. The molecule has 3 amide bonds. The number of sulfonamides is 1. The molecule has 0 bridgehead atoms. The Morgan fingerprint density at radius 2 is 1.81 bits per heavy atom. The molecule has 1 aliphatic heterocycles. The van der Waals surface area contributed by atoms with Gasteiger partial charge in [-0.15, -0.1) is 0 Å². The Balaban J connectivity index is 1.78. The number of methoxy groups -OCH3 is 1. The fraction of sp³-hybridized carbons (Fsp3) is 0.208. The molecule has 0 atom stereocenters. The molecular weight excluding hydrogens is 509 g/mol. The van der Waals surface area contributed by atoms with E-state index in [1.807, 2.05) is 0 Å². The zero-order chi connectivity index (χ0) is 27.1. The highest BCUT2D eigenvalue weighted by Crippen LogP contribution is 2.34. The van der Waals surface area contributed by atoms with E-state index >= 15 is 0 Å². The molecule has 0 unspecified atom stereocenters. The Labute approximate surface area is 210 Å². The van der Waals surface area contributed by atoms with Gasteiger partial charge in [-0.05, 0) is 30.0 Å². The van der Waals surface area contributed by atoms with Crippen LogP contribution in [0.15, 0.2) is 48.5 Å². The summed E-state index contributed by atoms with van der Waals surface area (Å²) in [6.45, 7) is 0.559. The average molecular weight is 530 g/mol. The van der Waals surface area contributed by atoms with Crippen molar-refractivity contribution in [2.75, 3.05) is 23.7 Å². The molecular formula is C24H20FN3O8S. The largest absolute Gasteiger partial charge is 0.494 e. The number of nitro benzene ring substituents is 1. The third-order valence-electron chi connectivity index (χ3n) is 5.75. The minimum absolute atomic E-state index is 0.0215. The van der Waals surface area contributed by atoms with E-state index in [1.54, 1.807) is 6.92 Å². The fourth-order valence-electron chi connectivity index (χ4n) is 4.18. The summed E-state index contributed by atoms with van der Waals surface area (Å²) >= 11 is 0. The molecule has 3 aromatic rings. The summed E-state index contributed by atoms with van der Waals surface area (Å²) in [5.74, 6) is -4.65. The molecule has 0 saturated heterocycles. The zero-order valence-electron chi connectivity index (χ0n) is 19.6. The van der Waals surface area contributed by atoms with Crippen LogP contribution >= 0.6 is 0 Å². The number of imide groups is 1. The molecule has 37 heavy (non-hydrogen) atoms. The van der Waals surface area contributed by atoms with Gasteiger partial charge in [0.25, 0.3) is 23.4 Å². The molecule has 0 aromatic heterocycles. The Morgan fingerprint density at radius 3 is 2.43 bits per heavy atom. The molecule has 3 aromatic carbocycles. The molecule has 1 heterocycles. The van der Waals surface area contributed by atoms with Crippen LogP contribution in [0.5, 0.6) is 5.75 Å². The first-order valence-electron chi connectivity index (χ1n) is 11.0. The molecule has 192 valence electrons. The van der Waals surface area contributed by atoms with Gasteiger partial charge in [0.15, 0.2) is 11.6 Å². The van der Waals surface area contributed by atoms with Crippen molar-refractivity contribution in [1.29, 1.82) is 0 Å². The van der Waals surface area contributed by atoms with Crippen LogP contribution in [0.4, 0.5) is 15.8 Å². The second-order valence-electron chi connectivity index (χ2n) is 8.14. The number of amides is 3. The lowest BCUT2D eigenvalue weighted by molar-refractivity contribution is -0.384. The number of anilines is 1. The van der Waals surface area contributed by atoms with E-state index < -0.39 is 56.5 Å². The third-order valence-corrected chi connectivity index (χ3v) is 7.65. The number of hydrogen-bond donors (Lipinski definition) is 0. The number of nitrogens with zero attached hydrogens (tertiary/aromatic N) is 3. The molecule has 13 heteroatoms. The summed E-state index contributed by atoms with van der Waals surface area (Å²) in [7, 11) is -3.11. The van der Waals surface area contributed by atoms with Crippen LogP contribution in [0.3, 0.4) is 0 Å². The van der Waals surface area contributed by atoms with Crippen LogP contribution in [0.25, 0.3) is 10.8 Å². The fourth-order valence-corrected chi connectivity index (χ4v) is 5.68. The van der Waals surface area contributed by atoms with Gasteiger partial charge in [0.2, 0.25) is 10.0 Å². The van der Waals surface area contributed by atoms with Gasteiger partial charge in [0.05, 0.1) is 29.0 Å². The van der Waals surface area contributed by atoms with E-state index in [0.29, 0.717) is 9.21 Å². The van der Waals surface area contributed by atoms with Crippen molar-refractivity contribution in [3.8, 4) is 5.75 Å². The van der Waals surface area contributed by atoms with Crippen LogP contribution in [-0.2, 0) is 14.8 Å². The van der Waals surface area contributed by atoms with Gasteiger partial charge in [0.1, 0.15) is 6.54 Å². The summed E-state index contributed by atoms with van der Waals surface area (Å²) in [6.07, 6.45) is 0.130. The van der Waals surface area contributed by atoms with Gasteiger partial charge in [-0.1, -0.05) is 19.1 Å². The molecule has 0 radical (unpaired) electrons. The van der Waals surface area contributed by atoms with Gasteiger partial charge < -0.3 is 4.74 Å². The van der Waals surface area contributed by atoms with Crippen LogP contribution in [0.1, 0.15) is 34.1 Å². The Hall–Kier alpha value is -4.39. The zero-order valence-corrected chi connectivity index (χ0v) is 20.5. The van der Waals surface area contributed by atoms with E-state index in [2.05, 4.69) is 0 Å². The van der Waals surface area contributed by atoms with E-state index in [1.165, 1.54) is 31.4 Å². The maximum atomic E-state index is 14.4. The lowest BCUT2D eigenvalue weighted by atomic mass is 9.93. The predicted molar refractivity (Wildman–Crippen MR) is 130 cm³/mol. The number of ether oxygens (including phenoxy) is 1. The van der Waals surface area contributed by atoms with Crippen LogP contribution in [0.2, 0.25) is 0 Å². The number of non-ortho nitro benzene ring substituents is 1. The SMILES string of the molecule is CCCS(=O)(=O)N(C(=O)CN1C(=O)c2cccc3cc([N+](=O)[O-])cc(c23)C1=O)c1ccc(OC)c(F)c1. The molecule has 4 rings (SSSR count). The first-order valence-corrected chi connectivity index (χ1v) is 12.6. The standard InChI is InChI=1S/C24H20FN3O8S/c1-3-9-37(34,35)27(15-7-8-20(36-2)19(25)12-15)21(29)13-26-23(30)17-6-4-5-14-10-16(28(32)33)11-18(22(14)17)24(26)31/h4-8,10-12H,3,9,13H2,1-2H3. The second kappa shape index (κ2) is 9.58. The minimum atomic E-state index is -4.33. The van der Waals surface area contributed by atoms with E-state index in [4.69, 9.17) is 4.74 Å². The Morgan fingerprint density at radius 1 is 1.11 bits per heavy atom. The first kappa shape index (κ1) is 25.7. The number of rotatable bonds is 8. The van der Waals surface area contributed by atoms with Crippen molar-refractivity contribution in [1.82, 2.24) is 4.90 Å². The molecule has 0 saturated carbocycles. The lowest BCUT2D eigenvalue weighted by Gasteiger charge is -2.29. The molecule has 0 fully saturated rings. The van der Waals surface area contributed by atoms with E-state index in [9.17, 15) is 37.3 Å². The Bertz CT molecular complexity index is 1590. The summed E-state index contributed by atoms with van der Waals surface area (Å²) in [4.78, 5) is 51.1. The van der Waals surface area contributed by atoms with E-state index in [-0.39, 0.29) is 39.8 Å². The normalized spacial score (nSPS) is 13.1. The maximum Gasteiger partial charge on any atom is 0.270 e.